The van der Waals surface area contributed by atoms with Crippen LogP contribution in [-0.2, 0) is 4.57 Å². The third kappa shape index (κ3) is 4.08. The first kappa shape index (κ1) is 18.9. The fourth-order valence-electron chi connectivity index (χ4n) is 2.78. The van der Waals surface area contributed by atoms with E-state index in [9.17, 15) is 13.3 Å². The molecule has 3 rings (SSSR count). The van der Waals surface area contributed by atoms with Crippen LogP contribution in [0.1, 0.15) is 16.7 Å². The Balaban J connectivity index is 2.20. The van der Waals surface area contributed by atoms with E-state index in [1.807, 2.05) is 31.2 Å². The number of aryl methyl sites for hydroxylation is 3. The van der Waals surface area contributed by atoms with E-state index in [-0.39, 0.29) is 0 Å². The van der Waals surface area contributed by atoms with Gasteiger partial charge in [-0.25, -0.2) is 8.78 Å². The maximum atomic E-state index is 14.1. The molecule has 0 heterocycles. The Kier molecular flexibility index (Phi) is 5.36. The van der Waals surface area contributed by atoms with Crippen molar-refractivity contribution < 1.29 is 13.3 Å². The molecule has 0 aliphatic heterocycles. The van der Waals surface area contributed by atoms with Crippen molar-refractivity contribution >= 4 is 28.3 Å². The van der Waals surface area contributed by atoms with Crippen molar-refractivity contribution in [2.24, 2.45) is 0 Å². The van der Waals surface area contributed by atoms with Gasteiger partial charge in [0.05, 0.1) is 0 Å². The molecule has 1 nitrogen and oxygen atoms in total. The predicted octanol–water partition coefficient (Wildman–Crippen LogP) is 5.91. The van der Waals surface area contributed by atoms with Crippen molar-refractivity contribution in [1.29, 1.82) is 0 Å². The fourth-order valence-corrected chi connectivity index (χ4v) is 7.69. The molecular weight excluding hydrogens is 369 g/mol. The molecule has 0 N–H and O–H groups in total. The summed E-state index contributed by atoms with van der Waals surface area (Å²) in [5.74, 6) is -0.893. The van der Waals surface area contributed by atoms with E-state index in [0.29, 0.717) is 21.7 Å². The molecule has 134 valence electrons. The molecule has 26 heavy (non-hydrogen) atoms. The number of hydrogen-bond donors (Lipinski definition) is 0. The zero-order chi connectivity index (χ0) is 18.9. The molecule has 0 radical (unpaired) electrons. The summed E-state index contributed by atoms with van der Waals surface area (Å²) >= 11 is 1.16. The van der Waals surface area contributed by atoms with Gasteiger partial charge in [0.15, 0.2) is 6.34 Å². The lowest BCUT2D eigenvalue weighted by Crippen LogP contribution is -2.16. The minimum absolute atomic E-state index is 0.380. The molecule has 5 heteroatoms. The average molecular weight is 388 g/mol. The molecule has 0 bridgehead atoms. The summed E-state index contributed by atoms with van der Waals surface area (Å²) in [6.07, 6.45) is -3.33. The van der Waals surface area contributed by atoms with E-state index in [2.05, 4.69) is 0 Å². The second kappa shape index (κ2) is 7.38. The summed E-state index contributed by atoms with van der Waals surface area (Å²) in [5.41, 5.74) is 2.45. The highest BCUT2D eigenvalue weighted by molar-refractivity contribution is 8.62. The molecule has 0 unspecified atom stereocenters. The zero-order valence-electron chi connectivity index (χ0n) is 14.8. The van der Waals surface area contributed by atoms with Crippen LogP contribution in [0.25, 0.3) is 0 Å². The number of hydrogen-bond acceptors (Lipinski definition) is 2. The highest BCUT2D eigenvalue weighted by atomic mass is 32.7. The van der Waals surface area contributed by atoms with Gasteiger partial charge in [0, 0.05) is 15.5 Å². The average Bonchev–Trinajstić information content (AvgIpc) is 2.55. The molecule has 0 spiro atoms. The summed E-state index contributed by atoms with van der Waals surface area (Å²) in [5, 5.41) is 0.760. The molecular formula is C21H19F2OPS. The van der Waals surface area contributed by atoms with Crippen LogP contribution in [0.15, 0.2) is 65.6 Å². The van der Waals surface area contributed by atoms with E-state index in [1.165, 1.54) is 24.3 Å². The minimum atomic E-state index is -3.33. The lowest BCUT2D eigenvalue weighted by atomic mass is 10.2. The van der Waals surface area contributed by atoms with Crippen molar-refractivity contribution in [2.45, 2.75) is 25.7 Å². The van der Waals surface area contributed by atoms with Gasteiger partial charge in [0.25, 0.3) is 0 Å². The Morgan fingerprint density at radius 3 is 1.58 bits per heavy atom. The molecule has 0 atom stereocenters. The Labute approximate surface area is 156 Å². The van der Waals surface area contributed by atoms with E-state index in [1.54, 1.807) is 26.0 Å². The van der Waals surface area contributed by atoms with Gasteiger partial charge in [-0.05, 0) is 80.4 Å². The topological polar surface area (TPSA) is 17.1 Å². The quantitative estimate of drug-likeness (QED) is 0.517. The van der Waals surface area contributed by atoms with Gasteiger partial charge >= 0.3 is 0 Å². The molecule has 0 aliphatic rings. The first-order chi connectivity index (χ1) is 12.3. The predicted molar refractivity (Wildman–Crippen MR) is 106 cm³/mol. The second-order valence-corrected chi connectivity index (χ2v) is 11.3. The SMILES string of the molecule is Cc1ccc(SP(=O)(c2cc(C)cc(F)c2)c2cc(C)cc(F)c2)cc1. The monoisotopic (exact) mass is 388 g/mol. The smallest absolute Gasteiger partial charge is 0.199 e. The maximum Gasteiger partial charge on any atom is 0.199 e. The summed E-state index contributed by atoms with van der Waals surface area (Å²) in [4.78, 5) is 0.794. The molecule has 0 fully saturated rings. The van der Waals surface area contributed by atoms with Crippen molar-refractivity contribution in [1.82, 2.24) is 0 Å². The number of halogens is 2. The van der Waals surface area contributed by atoms with Crippen LogP contribution in [0.3, 0.4) is 0 Å². The van der Waals surface area contributed by atoms with Gasteiger partial charge in [0.2, 0.25) is 0 Å². The molecule has 0 saturated heterocycles. The van der Waals surface area contributed by atoms with E-state index >= 15 is 0 Å². The Morgan fingerprint density at radius 1 is 0.692 bits per heavy atom. The summed E-state index contributed by atoms with van der Waals surface area (Å²) in [6.45, 7) is 5.48. The molecule has 0 aromatic heterocycles. The largest absolute Gasteiger partial charge is 0.302 e. The summed E-state index contributed by atoms with van der Waals surface area (Å²) < 4.78 is 42.1. The van der Waals surface area contributed by atoms with E-state index in [0.717, 1.165) is 21.8 Å². The van der Waals surface area contributed by atoms with Gasteiger partial charge in [-0.1, -0.05) is 29.1 Å². The summed E-state index contributed by atoms with van der Waals surface area (Å²) in [7, 11) is 0. The zero-order valence-corrected chi connectivity index (χ0v) is 16.5. The number of benzene rings is 3. The normalized spacial score (nSPS) is 11.6. The molecule has 0 aliphatic carbocycles. The number of rotatable bonds is 4. The van der Waals surface area contributed by atoms with Crippen molar-refractivity contribution in [2.75, 3.05) is 0 Å². The molecule has 0 amide bonds. The highest BCUT2D eigenvalue weighted by Crippen LogP contribution is 2.60. The lowest BCUT2D eigenvalue weighted by molar-refractivity contribution is 0.594. The van der Waals surface area contributed by atoms with Crippen LogP contribution in [0.5, 0.6) is 0 Å². The Bertz CT molecular complexity index is 903. The van der Waals surface area contributed by atoms with Gasteiger partial charge in [-0.15, -0.1) is 0 Å². The molecule has 0 saturated carbocycles. The van der Waals surface area contributed by atoms with Crippen LogP contribution < -0.4 is 10.6 Å². The third-order valence-corrected chi connectivity index (χ3v) is 9.27. The van der Waals surface area contributed by atoms with Gasteiger partial charge in [0.1, 0.15) is 11.6 Å². The van der Waals surface area contributed by atoms with Crippen LogP contribution in [0, 0.1) is 32.4 Å². The highest BCUT2D eigenvalue weighted by Gasteiger charge is 2.30. The molecule has 3 aromatic rings. The van der Waals surface area contributed by atoms with Crippen molar-refractivity contribution in [3.05, 3.63) is 89.0 Å². The third-order valence-electron chi connectivity index (χ3n) is 3.99. The van der Waals surface area contributed by atoms with E-state index in [4.69, 9.17) is 0 Å². The first-order valence-corrected chi connectivity index (χ1v) is 11.3. The lowest BCUT2D eigenvalue weighted by Gasteiger charge is -2.20. The van der Waals surface area contributed by atoms with Crippen molar-refractivity contribution in [3.63, 3.8) is 0 Å². The first-order valence-electron chi connectivity index (χ1n) is 8.18. The second-order valence-electron chi connectivity index (χ2n) is 6.43. The summed E-state index contributed by atoms with van der Waals surface area (Å²) in [6, 6.07) is 16.4. The fraction of sp³-hybridized carbons (Fsp3) is 0.143. The van der Waals surface area contributed by atoms with E-state index < -0.39 is 18.0 Å². The van der Waals surface area contributed by atoms with Gasteiger partial charge in [-0.2, -0.15) is 0 Å². The van der Waals surface area contributed by atoms with Crippen LogP contribution in [-0.4, -0.2) is 0 Å². The Morgan fingerprint density at radius 2 is 1.15 bits per heavy atom. The van der Waals surface area contributed by atoms with Crippen LogP contribution in [0.2, 0.25) is 0 Å². The van der Waals surface area contributed by atoms with Crippen molar-refractivity contribution in [3.8, 4) is 0 Å². The minimum Gasteiger partial charge on any atom is -0.302 e. The molecule has 3 aromatic carbocycles. The standard InChI is InChI=1S/C21H19F2OPS/c1-14-4-6-21(7-5-14)26-25(24,19-10-15(2)8-17(22)12-19)20-11-16(3)9-18(23)13-20/h4-13H,1-3H3. The Hall–Kier alpha value is -1.90. The van der Waals surface area contributed by atoms with Gasteiger partial charge < -0.3 is 4.57 Å². The maximum absolute atomic E-state index is 14.1. The van der Waals surface area contributed by atoms with Crippen LogP contribution >= 0.6 is 17.7 Å². The van der Waals surface area contributed by atoms with Gasteiger partial charge in [-0.3, -0.25) is 0 Å². The van der Waals surface area contributed by atoms with Crippen LogP contribution in [0.4, 0.5) is 8.78 Å².